The second-order valence-corrected chi connectivity index (χ2v) is 5.63. The van der Waals surface area contributed by atoms with Crippen LogP contribution in [0.1, 0.15) is 25.7 Å². The number of rotatable bonds is 2. The minimum absolute atomic E-state index is 0.369. The van der Waals surface area contributed by atoms with Crippen molar-refractivity contribution < 1.29 is 0 Å². The number of anilines is 2. The van der Waals surface area contributed by atoms with Crippen molar-refractivity contribution in [3.05, 3.63) is 12.3 Å². The van der Waals surface area contributed by atoms with Crippen LogP contribution in [0.5, 0.6) is 0 Å². The molecule has 5 heteroatoms. The number of nitrogens with two attached hydrogens (primary N) is 1. The first-order valence-corrected chi connectivity index (χ1v) is 6.69. The molecule has 0 aromatic carbocycles. The summed E-state index contributed by atoms with van der Waals surface area (Å²) in [7, 11) is 3.94. The van der Waals surface area contributed by atoms with Gasteiger partial charge in [-0.05, 0) is 31.7 Å². The van der Waals surface area contributed by atoms with Crippen LogP contribution in [0.15, 0.2) is 12.3 Å². The van der Waals surface area contributed by atoms with E-state index in [1.807, 2.05) is 31.3 Å². The van der Waals surface area contributed by atoms with Gasteiger partial charge < -0.3 is 15.5 Å². The molecule has 98 valence electrons. The standard InChI is InChI=1S/C13H21N5/c1-17(2)13-15-6-5-12(16-13)18-10-3-4-11(18)8-9(14)7-10/h5-6,9-11H,3-4,7-8,14H2,1-2H3. The zero-order chi connectivity index (χ0) is 12.7. The zero-order valence-electron chi connectivity index (χ0n) is 11.1. The molecule has 0 saturated carbocycles. The van der Waals surface area contributed by atoms with Crippen molar-refractivity contribution in [1.29, 1.82) is 0 Å². The molecule has 2 fully saturated rings. The van der Waals surface area contributed by atoms with Gasteiger partial charge >= 0.3 is 0 Å². The van der Waals surface area contributed by atoms with E-state index in [0.29, 0.717) is 18.1 Å². The number of fused-ring (bicyclic) bond motifs is 2. The Labute approximate surface area is 108 Å². The van der Waals surface area contributed by atoms with Crippen LogP contribution < -0.4 is 15.5 Å². The van der Waals surface area contributed by atoms with Crippen molar-refractivity contribution in [1.82, 2.24) is 9.97 Å². The molecule has 2 N–H and O–H groups in total. The first kappa shape index (κ1) is 11.7. The average Bonchev–Trinajstić information content (AvgIpc) is 2.62. The van der Waals surface area contributed by atoms with Crippen molar-refractivity contribution >= 4 is 11.8 Å². The maximum absolute atomic E-state index is 6.11. The minimum atomic E-state index is 0.369. The first-order valence-electron chi connectivity index (χ1n) is 6.69. The molecule has 1 aromatic heterocycles. The van der Waals surface area contributed by atoms with E-state index in [9.17, 15) is 0 Å². The predicted molar refractivity (Wildman–Crippen MR) is 72.9 cm³/mol. The van der Waals surface area contributed by atoms with Gasteiger partial charge in [0.1, 0.15) is 5.82 Å². The molecule has 2 unspecified atom stereocenters. The topological polar surface area (TPSA) is 58.3 Å². The Morgan fingerprint density at radius 2 is 1.94 bits per heavy atom. The SMILES string of the molecule is CN(C)c1nccc(N2C3CCC2CC(N)C3)n1. The number of hydrogen-bond donors (Lipinski definition) is 1. The fourth-order valence-corrected chi connectivity index (χ4v) is 3.29. The molecular weight excluding hydrogens is 226 g/mol. The highest BCUT2D eigenvalue weighted by Crippen LogP contribution is 2.38. The van der Waals surface area contributed by atoms with E-state index in [1.165, 1.54) is 12.8 Å². The molecule has 3 rings (SSSR count). The fourth-order valence-electron chi connectivity index (χ4n) is 3.29. The van der Waals surface area contributed by atoms with Crippen LogP contribution in [0.4, 0.5) is 11.8 Å². The van der Waals surface area contributed by atoms with Gasteiger partial charge in [-0.15, -0.1) is 0 Å². The Bertz CT molecular complexity index is 419. The Morgan fingerprint density at radius 1 is 1.28 bits per heavy atom. The third kappa shape index (κ3) is 1.92. The highest BCUT2D eigenvalue weighted by Gasteiger charge is 2.40. The summed E-state index contributed by atoms with van der Waals surface area (Å²) in [4.78, 5) is 13.4. The van der Waals surface area contributed by atoms with Crippen LogP contribution in [0.2, 0.25) is 0 Å². The van der Waals surface area contributed by atoms with Gasteiger partial charge in [-0.25, -0.2) is 4.98 Å². The molecule has 1 aromatic rings. The highest BCUT2D eigenvalue weighted by atomic mass is 15.3. The Balaban J connectivity index is 1.89. The van der Waals surface area contributed by atoms with E-state index >= 15 is 0 Å². The van der Waals surface area contributed by atoms with E-state index < -0.39 is 0 Å². The third-order valence-electron chi connectivity index (χ3n) is 4.06. The van der Waals surface area contributed by atoms with Crippen LogP contribution in [0.3, 0.4) is 0 Å². The quantitative estimate of drug-likeness (QED) is 0.845. The lowest BCUT2D eigenvalue weighted by molar-refractivity contribution is 0.412. The van der Waals surface area contributed by atoms with Gasteiger partial charge in [0.05, 0.1) is 0 Å². The van der Waals surface area contributed by atoms with Crippen LogP contribution in [-0.4, -0.2) is 42.2 Å². The van der Waals surface area contributed by atoms with Gasteiger partial charge in [0.25, 0.3) is 0 Å². The maximum atomic E-state index is 6.11. The summed E-state index contributed by atoms with van der Waals surface area (Å²) < 4.78 is 0. The van der Waals surface area contributed by atoms with E-state index in [1.54, 1.807) is 0 Å². The Morgan fingerprint density at radius 3 is 2.56 bits per heavy atom. The van der Waals surface area contributed by atoms with Crippen molar-refractivity contribution in [3.8, 4) is 0 Å². The number of aromatic nitrogens is 2. The summed E-state index contributed by atoms with van der Waals surface area (Å²) in [5, 5.41) is 0. The molecular formula is C13H21N5. The molecule has 2 bridgehead atoms. The van der Waals surface area contributed by atoms with Crippen molar-refractivity contribution in [2.75, 3.05) is 23.9 Å². The fraction of sp³-hybridized carbons (Fsp3) is 0.692. The summed E-state index contributed by atoms with van der Waals surface area (Å²) in [6.07, 6.45) is 6.54. The van der Waals surface area contributed by atoms with Gasteiger partial charge in [-0.3, -0.25) is 0 Å². The number of nitrogens with zero attached hydrogens (tertiary/aromatic N) is 4. The smallest absolute Gasteiger partial charge is 0.226 e. The molecule has 0 amide bonds. The van der Waals surface area contributed by atoms with Crippen LogP contribution in [0, 0.1) is 0 Å². The van der Waals surface area contributed by atoms with Gasteiger partial charge in [0, 0.05) is 38.4 Å². The van der Waals surface area contributed by atoms with Gasteiger partial charge in [-0.2, -0.15) is 4.98 Å². The van der Waals surface area contributed by atoms with Gasteiger partial charge in [0.2, 0.25) is 5.95 Å². The molecule has 2 aliphatic rings. The Hall–Kier alpha value is -1.36. The lowest BCUT2D eigenvalue weighted by Gasteiger charge is -2.38. The highest BCUT2D eigenvalue weighted by molar-refractivity contribution is 5.47. The van der Waals surface area contributed by atoms with Crippen molar-refractivity contribution in [3.63, 3.8) is 0 Å². The van der Waals surface area contributed by atoms with Crippen LogP contribution in [-0.2, 0) is 0 Å². The Kier molecular flexibility index (Phi) is 2.86. The van der Waals surface area contributed by atoms with Crippen molar-refractivity contribution in [2.24, 2.45) is 5.73 Å². The van der Waals surface area contributed by atoms with Crippen molar-refractivity contribution in [2.45, 2.75) is 43.8 Å². The van der Waals surface area contributed by atoms with E-state index in [4.69, 9.17) is 5.73 Å². The van der Waals surface area contributed by atoms with E-state index in [-0.39, 0.29) is 0 Å². The summed E-state index contributed by atoms with van der Waals surface area (Å²) >= 11 is 0. The molecule has 2 aliphatic heterocycles. The summed E-state index contributed by atoms with van der Waals surface area (Å²) in [5.74, 6) is 1.84. The molecule has 5 nitrogen and oxygen atoms in total. The molecule has 0 aliphatic carbocycles. The summed E-state index contributed by atoms with van der Waals surface area (Å²) in [6.45, 7) is 0. The lowest BCUT2D eigenvalue weighted by atomic mass is 9.98. The molecule has 2 saturated heterocycles. The largest absolute Gasteiger partial charge is 0.350 e. The first-order chi connectivity index (χ1) is 8.65. The molecule has 0 spiro atoms. The van der Waals surface area contributed by atoms with E-state index in [0.717, 1.165) is 24.6 Å². The molecule has 2 atom stereocenters. The summed E-state index contributed by atoms with van der Waals surface area (Å²) in [5.41, 5.74) is 6.11. The second-order valence-electron chi connectivity index (χ2n) is 5.63. The second kappa shape index (κ2) is 4.39. The normalized spacial score (nSPS) is 30.6. The molecule has 0 radical (unpaired) electrons. The molecule has 3 heterocycles. The van der Waals surface area contributed by atoms with Gasteiger partial charge in [0.15, 0.2) is 0 Å². The minimum Gasteiger partial charge on any atom is -0.350 e. The predicted octanol–water partition coefficient (Wildman–Crippen LogP) is 1.00. The number of piperidine rings is 1. The lowest BCUT2D eigenvalue weighted by Crippen LogP contribution is -2.48. The maximum Gasteiger partial charge on any atom is 0.226 e. The zero-order valence-corrected chi connectivity index (χ0v) is 11.1. The van der Waals surface area contributed by atoms with Gasteiger partial charge in [-0.1, -0.05) is 0 Å². The average molecular weight is 247 g/mol. The summed E-state index contributed by atoms with van der Waals surface area (Å²) in [6, 6.07) is 3.54. The van der Waals surface area contributed by atoms with Crippen LogP contribution >= 0.6 is 0 Å². The monoisotopic (exact) mass is 247 g/mol. The molecule has 18 heavy (non-hydrogen) atoms. The van der Waals surface area contributed by atoms with E-state index in [2.05, 4.69) is 14.9 Å². The van der Waals surface area contributed by atoms with Crippen LogP contribution in [0.25, 0.3) is 0 Å². The number of hydrogen-bond acceptors (Lipinski definition) is 5. The third-order valence-corrected chi connectivity index (χ3v) is 4.06.